The van der Waals surface area contributed by atoms with Gasteiger partial charge in [-0.2, -0.15) is 0 Å². The van der Waals surface area contributed by atoms with E-state index in [1.54, 1.807) is 24.3 Å². The van der Waals surface area contributed by atoms with Gasteiger partial charge in [-0.15, -0.1) is 0 Å². The molecule has 0 radical (unpaired) electrons. The summed E-state index contributed by atoms with van der Waals surface area (Å²) in [5, 5.41) is 9.33. The fourth-order valence-electron chi connectivity index (χ4n) is 1.06. The summed E-state index contributed by atoms with van der Waals surface area (Å²) in [6.45, 7) is 3.73. The maximum absolute atomic E-state index is 11.8. The molecule has 0 heterocycles. The van der Waals surface area contributed by atoms with Gasteiger partial charge >= 0.3 is 0 Å². The number of aliphatic hydroxyl groups excluding tert-OH is 1. The maximum Gasteiger partial charge on any atom is 0.230 e. The second kappa shape index (κ2) is 5.70. The molecule has 3 nitrogen and oxygen atoms in total. The van der Waals surface area contributed by atoms with Crippen molar-refractivity contribution in [1.29, 1.82) is 0 Å². The van der Waals surface area contributed by atoms with Crippen LogP contribution >= 0.6 is 10.8 Å². The molecule has 1 aromatic carbocycles. The molecule has 90 valence electrons. The smallest absolute Gasteiger partial charge is 0.230 e. The van der Waals surface area contributed by atoms with E-state index in [9.17, 15) is 13.5 Å². The SMILES string of the molecule is CCC(O)CSS(=O)(=O)c1ccc(C)cc1. The summed E-state index contributed by atoms with van der Waals surface area (Å²) in [6, 6.07) is 6.72. The molecular weight excluding hydrogens is 244 g/mol. The lowest BCUT2D eigenvalue weighted by molar-refractivity contribution is 0.195. The molecule has 16 heavy (non-hydrogen) atoms. The molecule has 0 aromatic heterocycles. The first-order chi connectivity index (χ1) is 7.45. The predicted molar refractivity (Wildman–Crippen MR) is 67.1 cm³/mol. The lowest BCUT2D eigenvalue weighted by atomic mass is 10.2. The first kappa shape index (κ1) is 13.5. The first-order valence-corrected chi connectivity index (χ1v) is 8.08. The molecule has 0 saturated carbocycles. The van der Waals surface area contributed by atoms with E-state index < -0.39 is 15.0 Å². The van der Waals surface area contributed by atoms with Crippen LogP contribution in [0.3, 0.4) is 0 Å². The van der Waals surface area contributed by atoms with Crippen molar-refractivity contribution in [2.75, 3.05) is 5.75 Å². The fraction of sp³-hybridized carbons (Fsp3) is 0.455. The van der Waals surface area contributed by atoms with E-state index in [2.05, 4.69) is 0 Å². The zero-order valence-electron chi connectivity index (χ0n) is 9.38. The molecule has 0 saturated heterocycles. The molecule has 0 amide bonds. The van der Waals surface area contributed by atoms with E-state index in [4.69, 9.17) is 0 Å². The van der Waals surface area contributed by atoms with Gasteiger partial charge in [-0.1, -0.05) is 24.6 Å². The molecule has 0 aliphatic rings. The van der Waals surface area contributed by atoms with Gasteiger partial charge in [-0.05, 0) is 36.3 Å². The summed E-state index contributed by atoms with van der Waals surface area (Å²) in [7, 11) is -2.53. The quantitative estimate of drug-likeness (QED) is 0.825. The molecule has 0 fully saturated rings. The van der Waals surface area contributed by atoms with Crippen LogP contribution in [0, 0.1) is 6.92 Å². The van der Waals surface area contributed by atoms with Gasteiger partial charge < -0.3 is 5.11 Å². The number of benzene rings is 1. The zero-order chi connectivity index (χ0) is 12.2. The van der Waals surface area contributed by atoms with E-state index in [-0.39, 0.29) is 5.75 Å². The fourth-order valence-corrected chi connectivity index (χ4v) is 3.99. The highest BCUT2D eigenvalue weighted by atomic mass is 33.1. The van der Waals surface area contributed by atoms with Gasteiger partial charge in [0.15, 0.2) is 0 Å². The van der Waals surface area contributed by atoms with Crippen molar-refractivity contribution in [3.63, 3.8) is 0 Å². The van der Waals surface area contributed by atoms with Crippen LogP contribution in [0.15, 0.2) is 29.2 Å². The van der Waals surface area contributed by atoms with Crippen LogP contribution in [-0.4, -0.2) is 25.4 Å². The summed E-state index contributed by atoms with van der Waals surface area (Å²) >= 11 is 0. The topological polar surface area (TPSA) is 54.4 Å². The molecule has 0 aliphatic heterocycles. The van der Waals surface area contributed by atoms with Gasteiger partial charge in [-0.25, -0.2) is 8.42 Å². The molecule has 0 spiro atoms. The molecule has 0 aliphatic carbocycles. The zero-order valence-corrected chi connectivity index (χ0v) is 11.0. The van der Waals surface area contributed by atoms with Gasteiger partial charge in [0, 0.05) is 5.75 Å². The Hall–Kier alpha value is -0.520. The highest BCUT2D eigenvalue weighted by molar-refractivity contribution is 8.72. The molecule has 5 heteroatoms. The number of aliphatic hydroxyl groups is 1. The Kier molecular flexibility index (Phi) is 4.83. The number of aryl methyl sites for hydroxylation is 1. The highest BCUT2D eigenvalue weighted by Crippen LogP contribution is 2.24. The third-order valence-electron chi connectivity index (χ3n) is 2.20. The van der Waals surface area contributed by atoms with Crippen molar-refractivity contribution < 1.29 is 13.5 Å². The highest BCUT2D eigenvalue weighted by Gasteiger charge is 2.16. The normalized spacial score (nSPS) is 13.7. The van der Waals surface area contributed by atoms with E-state index in [0.717, 1.165) is 16.4 Å². The van der Waals surface area contributed by atoms with Crippen LogP contribution in [0.25, 0.3) is 0 Å². The monoisotopic (exact) mass is 260 g/mol. The van der Waals surface area contributed by atoms with E-state index in [0.29, 0.717) is 11.3 Å². The van der Waals surface area contributed by atoms with Crippen LogP contribution < -0.4 is 0 Å². The standard InChI is InChI=1S/C11H16O3S2/c1-3-10(12)8-15-16(13,14)11-6-4-9(2)5-7-11/h4-7,10,12H,3,8H2,1-2H3. The number of hydrogen-bond acceptors (Lipinski definition) is 4. The minimum Gasteiger partial charge on any atom is -0.392 e. The molecule has 1 unspecified atom stereocenters. The minimum absolute atomic E-state index is 0.215. The molecule has 1 aromatic rings. The first-order valence-electron chi connectivity index (χ1n) is 5.10. The van der Waals surface area contributed by atoms with Crippen LogP contribution in [0.5, 0.6) is 0 Å². The Morgan fingerprint density at radius 1 is 1.31 bits per heavy atom. The average Bonchev–Trinajstić information content (AvgIpc) is 2.26. The van der Waals surface area contributed by atoms with E-state index in [1.165, 1.54) is 0 Å². The van der Waals surface area contributed by atoms with Gasteiger partial charge in [0.1, 0.15) is 0 Å². The summed E-state index contributed by atoms with van der Waals surface area (Å²) in [5.74, 6) is 0.215. The summed E-state index contributed by atoms with van der Waals surface area (Å²) in [5.41, 5.74) is 1.03. The van der Waals surface area contributed by atoms with Crippen molar-refractivity contribution in [2.45, 2.75) is 31.3 Å². The lowest BCUT2D eigenvalue weighted by Gasteiger charge is -2.07. The van der Waals surface area contributed by atoms with Crippen molar-refractivity contribution >= 4 is 19.7 Å². The lowest BCUT2D eigenvalue weighted by Crippen LogP contribution is -2.10. The average molecular weight is 260 g/mol. The number of hydrogen-bond donors (Lipinski definition) is 1. The Morgan fingerprint density at radius 2 is 1.88 bits per heavy atom. The largest absolute Gasteiger partial charge is 0.392 e. The molecule has 1 N–H and O–H groups in total. The van der Waals surface area contributed by atoms with Crippen molar-refractivity contribution in [1.82, 2.24) is 0 Å². The maximum atomic E-state index is 11.8. The van der Waals surface area contributed by atoms with Crippen LogP contribution in [-0.2, 0) is 8.87 Å². The second-order valence-electron chi connectivity index (χ2n) is 3.61. The van der Waals surface area contributed by atoms with Gasteiger partial charge in [0.05, 0.1) is 11.0 Å². The number of rotatable bonds is 5. The molecule has 0 bridgehead atoms. The van der Waals surface area contributed by atoms with Crippen molar-refractivity contribution in [3.8, 4) is 0 Å². The Balaban J connectivity index is 2.74. The summed E-state index contributed by atoms with van der Waals surface area (Å²) < 4.78 is 23.6. The van der Waals surface area contributed by atoms with Gasteiger partial charge in [-0.3, -0.25) is 0 Å². The second-order valence-corrected chi connectivity index (χ2v) is 7.59. The van der Waals surface area contributed by atoms with E-state index >= 15 is 0 Å². The summed E-state index contributed by atoms with van der Waals surface area (Å²) in [6.07, 6.45) is 0.00128. The third-order valence-corrected chi connectivity index (χ3v) is 5.79. The third kappa shape index (κ3) is 3.81. The van der Waals surface area contributed by atoms with Gasteiger partial charge in [0.25, 0.3) is 0 Å². The van der Waals surface area contributed by atoms with Crippen LogP contribution in [0.1, 0.15) is 18.9 Å². The summed E-state index contributed by atoms with van der Waals surface area (Å²) in [4.78, 5) is 0.298. The van der Waals surface area contributed by atoms with Crippen LogP contribution in [0.4, 0.5) is 0 Å². The van der Waals surface area contributed by atoms with E-state index in [1.807, 2.05) is 13.8 Å². The van der Waals surface area contributed by atoms with Crippen LogP contribution in [0.2, 0.25) is 0 Å². The Labute approximate surface area is 100 Å². The van der Waals surface area contributed by atoms with Crippen molar-refractivity contribution in [3.05, 3.63) is 29.8 Å². The van der Waals surface area contributed by atoms with Crippen molar-refractivity contribution in [2.24, 2.45) is 0 Å². The molecule has 1 atom stereocenters. The molecule has 1 rings (SSSR count). The molecular formula is C11H16O3S2. The van der Waals surface area contributed by atoms with Gasteiger partial charge in [0.2, 0.25) is 8.87 Å². The Morgan fingerprint density at radius 3 is 2.38 bits per heavy atom. The minimum atomic E-state index is -3.33. The predicted octanol–water partition coefficient (Wildman–Crippen LogP) is 2.19. The Bertz CT molecular complexity index is 423.